The van der Waals surface area contributed by atoms with Crippen LogP contribution in [0.2, 0.25) is 0 Å². The zero-order valence-electron chi connectivity index (χ0n) is 10.5. The second-order valence-corrected chi connectivity index (χ2v) is 4.63. The van der Waals surface area contributed by atoms with E-state index in [9.17, 15) is 4.79 Å². The lowest BCUT2D eigenvalue weighted by atomic mass is 10.0. The lowest BCUT2D eigenvalue weighted by molar-refractivity contribution is -0.122. The Hall–Kier alpha value is -1.36. The number of nitrogens with one attached hydrogen (secondary N) is 1. The van der Waals surface area contributed by atoms with Gasteiger partial charge in [0.15, 0.2) is 0 Å². The molecule has 0 fully saturated rings. The molecule has 5 nitrogen and oxygen atoms in total. The van der Waals surface area contributed by atoms with E-state index in [4.69, 9.17) is 5.11 Å². The van der Waals surface area contributed by atoms with E-state index >= 15 is 0 Å². The van der Waals surface area contributed by atoms with Crippen LogP contribution < -0.4 is 5.32 Å². The summed E-state index contributed by atoms with van der Waals surface area (Å²) in [7, 11) is 0. The Labute approximate surface area is 102 Å². The van der Waals surface area contributed by atoms with Crippen LogP contribution in [0.1, 0.15) is 26.7 Å². The van der Waals surface area contributed by atoms with E-state index in [0.29, 0.717) is 18.9 Å². The molecule has 1 aromatic heterocycles. The summed E-state index contributed by atoms with van der Waals surface area (Å²) in [6.07, 6.45) is 6.40. The Bertz CT molecular complexity index is 323. The van der Waals surface area contributed by atoms with Crippen LogP contribution in [0.3, 0.4) is 0 Å². The SMILES string of the molecule is CC(C)CC(CO)NC(=O)CCn1ccnc1. The second kappa shape index (κ2) is 7.06. The number of carbonyl (C=O) groups is 1. The van der Waals surface area contributed by atoms with Crippen molar-refractivity contribution in [3.8, 4) is 0 Å². The number of carbonyl (C=O) groups excluding carboxylic acids is 1. The number of amides is 1. The third-order valence-electron chi connectivity index (χ3n) is 2.50. The van der Waals surface area contributed by atoms with Crippen LogP contribution in [0.25, 0.3) is 0 Å². The molecule has 1 rings (SSSR count). The summed E-state index contributed by atoms with van der Waals surface area (Å²) in [5.41, 5.74) is 0. The number of rotatable bonds is 7. The Morgan fingerprint density at radius 3 is 2.82 bits per heavy atom. The fourth-order valence-corrected chi connectivity index (χ4v) is 1.70. The van der Waals surface area contributed by atoms with Crippen molar-refractivity contribution in [1.29, 1.82) is 0 Å². The molecule has 1 atom stereocenters. The highest BCUT2D eigenvalue weighted by molar-refractivity contribution is 5.76. The third kappa shape index (κ3) is 5.49. The van der Waals surface area contributed by atoms with Gasteiger partial charge >= 0.3 is 0 Å². The lowest BCUT2D eigenvalue weighted by Crippen LogP contribution is -2.38. The van der Waals surface area contributed by atoms with Gasteiger partial charge in [-0.3, -0.25) is 4.79 Å². The first-order valence-electron chi connectivity index (χ1n) is 5.97. The minimum absolute atomic E-state index is 0.00496. The number of aromatic nitrogens is 2. The molecule has 17 heavy (non-hydrogen) atoms. The van der Waals surface area contributed by atoms with E-state index in [1.165, 1.54) is 0 Å². The summed E-state index contributed by atoms with van der Waals surface area (Å²) >= 11 is 0. The highest BCUT2D eigenvalue weighted by Crippen LogP contribution is 2.04. The topological polar surface area (TPSA) is 67.2 Å². The molecule has 0 radical (unpaired) electrons. The molecular weight excluding hydrogens is 218 g/mol. The summed E-state index contributed by atoms with van der Waals surface area (Å²) in [5, 5.41) is 12.0. The Kier molecular flexibility index (Phi) is 5.69. The number of hydrogen-bond donors (Lipinski definition) is 2. The molecule has 0 aliphatic rings. The van der Waals surface area contributed by atoms with Crippen LogP contribution >= 0.6 is 0 Å². The predicted molar refractivity (Wildman–Crippen MR) is 65.3 cm³/mol. The number of aryl methyl sites for hydroxylation is 1. The maximum Gasteiger partial charge on any atom is 0.222 e. The van der Waals surface area contributed by atoms with Crippen molar-refractivity contribution >= 4 is 5.91 Å². The minimum Gasteiger partial charge on any atom is -0.394 e. The Morgan fingerprint density at radius 2 is 2.29 bits per heavy atom. The maximum atomic E-state index is 11.6. The smallest absolute Gasteiger partial charge is 0.222 e. The van der Waals surface area contributed by atoms with Crippen LogP contribution in [0.5, 0.6) is 0 Å². The summed E-state index contributed by atoms with van der Waals surface area (Å²) in [6.45, 7) is 4.75. The highest BCUT2D eigenvalue weighted by Gasteiger charge is 2.12. The summed E-state index contributed by atoms with van der Waals surface area (Å²) in [6, 6.07) is -0.134. The number of aliphatic hydroxyl groups is 1. The van der Waals surface area contributed by atoms with Gasteiger partial charge in [0.25, 0.3) is 0 Å². The van der Waals surface area contributed by atoms with Crippen LogP contribution in [-0.2, 0) is 11.3 Å². The normalized spacial score (nSPS) is 12.7. The molecule has 2 N–H and O–H groups in total. The molecule has 0 aliphatic carbocycles. The van der Waals surface area contributed by atoms with Gasteiger partial charge in [-0.2, -0.15) is 0 Å². The number of imidazole rings is 1. The van der Waals surface area contributed by atoms with Gasteiger partial charge in [0.05, 0.1) is 19.0 Å². The zero-order valence-corrected chi connectivity index (χ0v) is 10.5. The van der Waals surface area contributed by atoms with Crippen molar-refractivity contribution in [3.05, 3.63) is 18.7 Å². The van der Waals surface area contributed by atoms with Gasteiger partial charge in [-0.25, -0.2) is 4.98 Å². The van der Waals surface area contributed by atoms with Crippen LogP contribution in [0, 0.1) is 5.92 Å². The molecular formula is C12H21N3O2. The summed E-state index contributed by atoms with van der Waals surface area (Å²) in [5.74, 6) is 0.430. The van der Waals surface area contributed by atoms with E-state index < -0.39 is 0 Å². The number of nitrogens with zero attached hydrogens (tertiary/aromatic N) is 2. The van der Waals surface area contributed by atoms with Crippen LogP contribution in [0.15, 0.2) is 18.7 Å². The molecule has 1 aromatic rings. The summed E-state index contributed by atoms with van der Waals surface area (Å²) < 4.78 is 1.86. The fourth-order valence-electron chi connectivity index (χ4n) is 1.70. The molecule has 1 unspecified atom stereocenters. The number of hydrogen-bond acceptors (Lipinski definition) is 3. The maximum absolute atomic E-state index is 11.6. The van der Waals surface area contributed by atoms with Crippen LogP contribution in [-0.4, -0.2) is 33.2 Å². The van der Waals surface area contributed by atoms with Gasteiger partial charge in [-0.1, -0.05) is 13.8 Å². The highest BCUT2D eigenvalue weighted by atomic mass is 16.3. The molecule has 0 bridgehead atoms. The van der Waals surface area contributed by atoms with Crippen molar-refractivity contribution in [1.82, 2.24) is 14.9 Å². The summed E-state index contributed by atoms with van der Waals surface area (Å²) in [4.78, 5) is 15.5. The molecule has 0 spiro atoms. The molecule has 1 amide bonds. The molecule has 0 aromatic carbocycles. The first-order valence-corrected chi connectivity index (χ1v) is 5.97. The standard InChI is InChI=1S/C12H21N3O2/c1-10(2)7-11(8-16)14-12(17)3-5-15-6-4-13-9-15/h4,6,9-11,16H,3,5,7-8H2,1-2H3,(H,14,17). The fraction of sp³-hybridized carbons (Fsp3) is 0.667. The minimum atomic E-state index is -0.134. The third-order valence-corrected chi connectivity index (χ3v) is 2.50. The van der Waals surface area contributed by atoms with Gasteiger partial charge in [-0.15, -0.1) is 0 Å². The Morgan fingerprint density at radius 1 is 1.53 bits per heavy atom. The van der Waals surface area contributed by atoms with E-state index in [2.05, 4.69) is 24.1 Å². The van der Waals surface area contributed by atoms with E-state index in [1.54, 1.807) is 12.5 Å². The van der Waals surface area contributed by atoms with Crippen molar-refractivity contribution < 1.29 is 9.90 Å². The average molecular weight is 239 g/mol. The van der Waals surface area contributed by atoms with E-state index in [-0.39, 0.29) is 18.6 Å². The van der Waals surface area contributed by atoms with E-state index in [0.717, 1.165) is 6.42 Å². The molecule has 0 saturated heterocycles. The predicted octanol–water partition coefficient (Wildman–Crippen LogP) is 0.796. The second-order valence-electron chi connectivity index (χ2n) is 4.63. The zero-order chi connectivity index (χ0) is 12.7. The van der Waals surface area contributed by atoms with Gasteiger partial charge in [0, 0.05) is 25.4 Å². The van der Waals surface area contributed by atoms with Gasteiger partial charge < -0.3 is 15.0 Å². The van der Waals surface area contributed by atoms with Crippen molar-refractivity contribution in [3.63, 3.8) is 0 Å². The first kappa shape index (κ1) is 13.7. The van der Waals surface area contributed by atoms with Crippen molar-refractivity contribution in [2.24, 2.45) is 5.92 Å². The number of aliphatic hydroxyl groups excluding tert-OH is 1. The molecule has 1 heterocycles. The largest absolute Gasteiger partial charge is 0.394 e. The molecule has 96 valence electrons. The molecule has 0 saturated carbocycles. The Balaban J connectivity index is 2.27. The quantitative estimate of drug-likeness (QED) is 0.739. The van der Waals surface area contributed by atoms with Gasteiger partial charge in [-0.05, 0) is 12.3 Å². The first-order chi connectivity index (χ1) is 8.11. The van der Waals surface area contributed by atoms with Gasteiger partial charge in [0.1, 0.15) is 0 Å². The van der Waals surface area contributed by atoms with Crippen LogP contribution in [0.4, 0.5) is 0 Å². The van der Waals surface area contributed by atoms with E-state index in [1.807, 2.05) is 10.8 Å². The lowest BCUT2D eigenvalue weighted by Gasteiger charge is -2.18. The molecule has 0 aliphatic heterocycles. The van der Waals surface area contributed by atoms with Crippen molar-refractivity contribution in [2.45, 2.75) is 39.3 Å². The van der Waals surface area contributed by atoms with Crippen molar-refractivity contribution in [2.75, 3.05) is 6.61 Å². The molecule has 5 heteroatoms. The monoisotopic (exact) mass is 239 g/mol. The average Bonchev–Trinajstić information content (AvgIpc) is 2.77. The van der Waals surface area contributed by atoms with Gasteiger partial charge in [0.2, 0.25) is 5.91 Å².